The van der Waals surface area contributed by atoms with E-state index in [1.165, 1.54) is 23.2 Å². The van der Waals surface area contributed by atoms with Crippen molar-refractivity contribution in [3.8, 4) is 11.9 Å². The number of ether oxygens (including phenoxy) is 1. The highest BCUT2D eigenvalue weighted by Crippen LogP contribution is 2.28. The molecule has 202 valence electrons. The molecule has 38 heavy (non-hydrogen) atoms. The molecule has 0 aromatic heterocycles. The lowest BCUT2D eigenvalue weighted by Crippen LogP contribution is -2.54. The molecule has 2 atom stereocenters. The number of nitriles is 1. The van der Waals surface area contributed by atoms with Crippen LogP contribution in [0.3, 0.4) is 0 Å². The van der Waals surface area contributed by atoms with Gasteiger partial charge < -0.3 is 15.4 Å². The summed E-state index contributed by atoms with van der Waals surface area (Å²) in [5.74, 6) is -0.439. The number of nitrogens with one attached hydrogen (secondary N) is 1. The number of aliphatic imine (C=N–C) groups is 1. The molecule has 0 bridgehead atoms. The Balaban J connectivity index is 2.06. The molecule has 3 rings (SSSR count). The summed E-state index contributed by atoms with van der Waals surface area (Å²) >= 11 is 12.4. The van der Waals surface area contributed by atoms with Gasteiger partial charge in [0.2, 0.25) is 11.9 Å². The molecule has 3 N–H and O–H groups in total. The summed E-state index contributed by atoms with van der Waals surface area (Å²) in [6.07, 6.45) is 1.81. The Hall–Kier alpha value is -3.46. The molecule has 9 nitrogen and oxygen atoms in total. The van der Waals surface area contributed by atoms with Crippen molar-refractivity contribution in [2.45, 2.75) is 39.5 Å². The number of amides is 1. The second-order valence-electron chi connectivity index (χ2n) is 8.65. The van der Waals surface area contributed by atoms with Crippen LogP contribution in [0.2, 0.25) is 10.0 Å². The van der Waals surface area contributed by atoms with E-state index in [1.54, 1.807) is 29.2 Å². The molecule has 0 saturated carbocycles. The minimum Gasteiger partial charge on any atom is -0.435 e. The third-order valence-electron chi connectivity index (χ3n) is 5.80. The predicted molar refractivity (Wildman–Crippen MR) is 143 cm³/mol. The van der Waals surface area contributed by atoms with Crippen LogP contribution in [-0.2, 0) is 4.79 Å². The minimum absolute atomic E-state index is 0.0124. The standard InChI is InChI=1S/C25H27Cl2F2N7O2/c1-4-35(23(37)21(31)14(2)3)20-12-36(34-22(20)15-8-9-18(26)19(27)10-15)25(32-13-30)33-16-6-5-7-17(11-16)38-24(28)29/h5-11,14,20-21,24H,4,12,31H2,1-3H3,(H,32,33). The molecule has 2 unspecified atom stereocenters. The number of likely N-dealkylation sites (N-methyl/N-ethyl adjacent to an activating group) is 1. The van der Waals surface area contributed by atoms with Gasteiger partial charge in [-0.3, -0.25) is 10.1 Å². The molecule has 0 aliphatic carbocycles. The maximum Gasteiger partial charge on any atom is 0.387 e. The van der Waals surface area contributed by atoms with E-state index in [0.717, 1.165) is 0 Å². The van der Waals surface area contributed by atoms with Crippen molar-refractivity contribution in [3.63, 3.8) is 0 Å². The number of benzene rings is 2. The Morgan fingerprint density at radius 3 is 2.66 bits per heavy atom. The molecule has 1 aliphatic heterocycles. The second kappa shape index (κ2) is 12.9. The van der Waals surface area contributed by atoms with Gasteiger partial charge in [0.25, 0.3) is 0 Å². The van der Waals surface area contributed by atoms with Gasteiger partial charge in [0.15, 0.2) is 6.19 Å². The van der Waals surface area contributed by atoms with Crippen LogP contribution in [0.5, 0.6) is 5.75 Å². The smallest absolute Gasteiger partial charge is 0.387 e. The van der Waals surface area contributed by atoms with Crippen molar-refractivity contribution in [2.24, 2.45) is 21.7 Å². The van der Waals surface area contributed by atoms with Crippen molar-refractivity contribution in [1.82, 2.24) is 15.2 Å². The Bertz CT molecular complexity index is 1270. The number of hydrogen-bond acceptors (Lipinski definition) is 6. The van der Waals surface area contributed by atoms with Crippen molar-refractivity contribution >= 4 is 46.5 Å². The lowest BCUT2D eigenvalue weighted by Gasteiger charge is -2.32. The van der Waals surface area contributed by atoms with Crippen LogP contribution in [0.1, 0.15) is 26.3 Å². The Morgan fingerprint density at radius 2 is 2.05 bits per heavy atom. The third kappa shape index (κ3) is 6.89. The fourth-order valence-corrected chi connectivity index (χ4v) is 4.13. The molecule has 1 amide bonds. The molecule has 1 aliphatic rings. The number of rotatable bonds is 8. The first-order valence-electron chi connectivity index (χ1n) is 11.7. The van der Waals surface area contributed by atoms with Crippen LogP contribution in [0.25, 0.3) is 0 Å². The fraction of sp³-hybridized carbons (Fsp3) is 0.360. The number of hydrogen-bond donors (Lipinski definition) is 2. The summed E-state index contributed by atoms with van der Waals surface area (Å²) in [7, 11) is 0. The van der Waals surface area contributed by atoms with E-state index in [2.05, 4.69) is 20.1 Å². The fourth-order valence-electron chi connectivity index (χ4n) is 3.83. The van der Waals surface area contributed by atoms with Gasteiger partial charge in [-0.05, 0) is 37.1 Å². The van der Waals surface area contributed by atoms with Gasteiger partial charge in [0, 0.05) is 18.2 Å². The van der Waals surface area contributed by atoms with E-state index in [-0.39, 0.29) is 35.8 Å². The van der Waals surface area contributed by atoms with Gasteiger partial charge >= 0.3 is 6.61 Å². The summed E-state index contributed by atoms with van der Waals surface area (Å²) in [5, 5.41) is 18.6. The van der Waals surface area contributed by atoms with Crippen LogP contribution in [0, 0.1) is 17.4 Å². The van der Waals surface area contributed by atoms with Crippen LogP contribution in [0.15, 0.2) is 52.6 Å². The van der Waals surface area contributed by atoms with E-state index in [4.69, 9.17) is 28.9 Å². The largest absolute Gasteiger partial charge is 0.435 e. The minimum atomic E-state index is -3.00. The third-order valence-corrected chi connectivity index (χ3v) is 6.54. The molecule has 0 spiro atoms. The Morgan fingerprint density at radius 1 is 1.32 bits per heavy atom. The van der Waals surface area contributed by atoms with Crippen molar-refractivity contribution in [2.75, 3.05) is 13.1 Å². The van der Waals surface area contributed by atoms with Gasteiger partial charge in [-0.25, -0.2) is 10.0 Å². The van der Waals surface area contributed by atoms with E-state index in [0.29, 0.717) is 27.9 Å². The molecular formula is C25H27Cl2F2N7O2. The van der Waals surface area contributed by atoms with Crippen molar-refractivity contribution in [3.05, 3.63) is 58.1 Å². The molecule has 1 heterocycles. The zero-order valence-electron chi connectivity index (χ0n) is 20.9. The first-order chi connectivity index (χ1) is 18.0. The SMILES string of the molecule is CCN(C(=O)C(N)C(C)C)C1CN(C(=Nc2cccc(OC(F)F)c2)NC#N)N=C1c1ccc(Cl)c(Cl)c1. The number of guanidine groups is 1. The Labute approximate surface area is 229 Å². The maximum atomic E-state index is 13.3. The highest BCUT2D eigenvalue weighted by molar-refractivity contribution is 6.42. The van der Waals surface area contributed by atoms with E-state index >= 15 is 0 Å². The second-order valence-corrected chi connectivity index (χ2v) is 9.47. The number of alkyl halides is 2. The monoisotopic (exact) mass is 565 g/mol. The first-order valence-corrected chi connectivity index (χ1v) is 12.5. The number of nitrogens with zero attached hydrogens (tertiary/aromatic N) is 5. The molecule has 2 aromatic carbocycles. The predicted octanol–water partition coefficient (Wildman–Crippen LogP) is 4.57. The molecular weight excluding hydrogens is 539 g/mol. The van der Waals surface area contributed by atoms with Crippen molar-refractivity contribution in [1.29, 1.82) is 5.26 Å². The molecule has 0 saturated heterocycles. The van der Waals surface area contributed by atoms with Gasteiger partial charge in [0.1, 0.15) is 5.75 Å². The van der Waals surface area contributed by atoms with E-state index in [1.807, 2.05) is 27.0 Å². The number of carbonyl (C=O) groups is 1. The van der Waals surface area contributed by atoms with Crippen molar-refractivity contribution < 1.29 is 18.3 Å². The summed E-state index contributed by atoms with van der Waals surface area (Å²) in [4.78, 5) is 19.3. The number of carbonyl (C=O) groups excluding carboxylic acids is 1. The normalized spacial score (nSPS) is 16.3. The summed E-state index contributed by atoms with van der Waals surface area (Å²) < 4.78 is 29.8. The summed E-state index contributed by atoms with van der Waals surface area (Å²) in [5.41, 5.74) is 7.53. The maximum absolute atomic E-state index is 13.3. The van der Waals surface area contributed by atoms with Gasteiger partial charge in [-0.15, -0.1) is 0 Å². The van der Waals surface area contributed by atoms with Crippen LogP contribution >= 0.6 is 23.2 Å². The number of hydrazone groups is 1. The van der Waals surface area contributed by atoms with Crippen LogP contribution in [0.4, 0.5) is 14.5 Å². The summed E-state index contributed by atoms with van der Waals surface area (Å²) in [6.45, 7) is 3.01. The van der Waals surface area contributed by atoms with Gasteiger partial charge in [0.05, 0.1) is 40.1 Å². The number of halogens is 4. The zero-order chi connectivity index (χ0) is 28.0. The average molecular weight is 566 g/mol. The molecule has 13 heteroatoms. The molecule has 0 fully saturated rings. The van der Waals surface area contributed by atoms with Crippen LogP contribution < -0.4 is 15.8 Å². The quantitative estimate of drug-likeness (QED) is 0.209. The molecule has 0 radical (unpaired) electrons. The van der Waals surface area contributed by atoms with E-state index in [9.17, 15) is 18.8 Å². The lowest BCUT2D eigenvalue weighted by atomic mass is 9.99. The topological polar surface area (TPSA) is 119 Å². The first kappa shape index (κ1) is 29.1. The number of nitrogens with two attached hydrogens (primary N) is 1. The summed E-state index contributed by atoms with van der Waals surface area (Å²) in [6, 6.07) is 9.38. The van der Waals surface area contributed by atoms with E-state index < -0.39 is 18.7 Å². The van der Waals surface area contributed by atoms with Crippen LogP contribution in [-0.4, -0.2) is 59.3 Å². The van der Waals surface area contributed by atoms with Gasteiger partial charge in [-0.1, -0.05) is 49.2 Å². The average Bonchev–Trinajstić information content (AvgIpc) is 3.30. The Kier molecular flexibility index (Phi) is 9.85. The highest BCUT2D eigenvalue weighted by Gasteiger charge is 2.38. The van der Waals surface area contributed by atoms with Gasteiger partial charge in [-0.2, -0.15) is 19.1 Å². The highest BCUT2D eigenvalue weighted by atomic mass is 35.5. The zero-order valence-corrected chi connectivity index (χ0v) is 22.4. The lowest BCUT2D eigenvalue weighted by molar-refractivity contribution is -0.134. The molecule has 2 aromatic rings.